The van der Waals surface area contributed by atoms with Crippen molar-refractivity contribution in [3.63, 3.8) is 0 Å². The number of pyridine rings is 1. The first-order valence-corrected chi connectivity index (χ1v) is 6.67. The fraction of sp³-hybridized carbons (Fsp3) is 0.125. The molecule has 6 heteroatoms. The number of aryl methyl sites for hydroxylation is 2. The van der Waals surface area contributed by atoms with Gasteiger partial charge < -0.3 is 5.11 Å². The minimum Gasteiger partial charge on any atom is -0.478 e. The van der Waals surface area contributed by atoms with E-state index in [1.807, 2.05) is 32.0 Å². The van der Waals surface area contributed by atoms with E-state index in [0.29, 0.717) is 11.3 Å². The molecule has 0 atom stereocenters. The molecule has 0 amide bonds. The first-order chi connectivity index (χ1) is 10.5. The van der Waals surface area contributed by atoms with Crippen LogP contribution < -0.4 is 0 Å². The van der Waals surface area contributed by atoms with E-state index >= 15 is 0 Å². The lowest BCUT2D eigenvalue weighted by molar-refractivity contribution is 0.0696. The molecular formula is C16H13N3O3. The number of hydrogen-bond acceptors (Lipinski definition) is 4. The summed E-state index contributed by atoms with van der Waals surface area (Å²) in [7, 11) is 0. The molecular weight excluding hydrogens is 282 g/mol. The van der Waals surface area contributed by atoms with Gasteiger partial charge in [-0.15, -0.1) is 4.91 Å². The van der Waals surface area contributed by atoms with E-state index in [0.717, 1.165) is 16.7 Å². The molecule has 1 N–H and O–H groups in total. The lowest BCUT2D eigenvalue weighted by Crippen LogP contribution is -1.98. The number of carboxylic acids is 1. The maximum absolute atomic E-state index is 11.3. The van der Waals surface area contributed by atoms with Gasteiger partial charge in [0.2, 0.25) is 5.82 Å². The monoisotopic (exact) mass is 295 g/mol. The summed E-state index contributed by atoms with van der Waals surface area (Å²) < 4.78 is 1.41. The number of imidazole rings is 1. The number of nitrogens with zero attached hydrogens (tertiary/aromatic N) is 3. The van der Waals surface area contributed by atoms with Crippen LogP contribution in [0, 0.1) is 18.8 Å². The standard InChI is InChI=1S/C16H13N3O3/c1-9-3-4-10(2)12(7-9)14-15(18-22)19-8-11(16(20)21)5-6-13(19)17-14/h3-8H,1-2H3,(H,20,21). The minimum atomic E-state index is -1.07. The Hall–Kier alpha value is -3.02. The predicted molar refractivity (Wildman–Crippen MR) is 82.5 cm³/mol. The molecule has 22 heavy (non-hydrogen) atoms. The van der Waals surface area contributed by atoms with Crippen molar-refractivity contribution in [2.45, 2.75) is 13.8 Å². The van der Waals surface area contributed by atoms with Crippen molar-refractivity contribution < 1.29 is 9.90 Å². The molecule has 1 aromatic carbocycles. The third-order valence-corrected chi connectivity index (χ3v) is 3.57. The first kappa shape index (κ1) is 13.9. The average Bonchev–Trinajstić information content (AvgIpc) is 2.86. The Balaban J connectivity index is 2.33. The number of benzene rings is 1. The van der Waals surface area contributed by atoms with E-state index in [2.05, 4.69) is 10.2 Å². The number of carboxylic acid groups (broad SMARTS) is 1. The SMILES string of the molecule is Cc1ccc(C)c(-c2nc3ccc(C(=O)O)cn3c2N=O)c1. The number of nitroso groups, excluding NO2 is 1. The van der Waals surface area contributed by atoms with Crippen LogP contribution in [0.3, 0.4) is 0 Å². The molecule has 6 nitrogen and oxygen atoms in total. The van der Waals surface area contributed by atoms with Gasteiger partial charge in [0.05, 0.1) is 5.56 Å². The Kier molecular flexibility index (Phi) is 3.21. The van der Waals surface area contributed by atoms with Gasteiger partial charge in [-0.05, 0) is 42.8 Å². The van der Waals surface area contributed by atoms with E-state index in [1.54, 1.807) is 6.07 Å². The molecule has 2 aromatic heterocycles. The molecule has 0 aliphatic rings. The zero-order valence-electron chi connectivity index (χ0n) is 12.1. The second-order valence-corrected chi connectivity index (χ2v) is 5.14. The van der Waals surface area contributed by atoms with Crippen LogP contribution in [0.4, 0.5) is 5.82 Å². The number of fused-ring (bicyclic) bond motifs is 1. The van der Waals surface area contributed by atoms with Gasteiger partial charge in [-0.25, -0.2) is 9.78 Å². The number of aromatic nitrogens is 2. The normalized spacial score (nSPS) is 10.8. The summed E-state index contributed by atoms with van der Waals surface area (Å²) in [4.78, 5) is 26.8. The predicted octanol–water partition coefficient (Wildman–Crippen LogP) is 3.71. The quantitative estimate of drug-likeness (QED) is 0.746. The minimum absolute atomic E-state index is 0.0716. The molecule has 0 unspecified atom stereocenters. The molecule has 0 fully saturated rings. The summed E-state index contributed by atoms with van der Waals surface area (Å²) in [6.07, 6.45) is 1.36. The molecule has 0 spiro atoms. The van der Waals surface area contributed by atoms with E-state index in [-0.39, 0.29) is 11.4 Å². The van der Waals surface area contributed by atoms with Crippen molar-refractivity contribution in [2.75, 3.05) is 0 Å². The largest absolute Gasteiger partial charge is 0.478 e. The summed E-state index contributed by atoms with van der Waals surface area (Å²) in [6, 6.07) is 8.87. The van der Waals surface area contributed by atoms with Gasteiger partial charge >= 0.3 is 5.97 Å². The van der Waals surface area contributed by atoms with Gasteiger partial charge in [0.25, 0.3) is 0 Å². The topological polar surface area (TPSA) is 84.0 Å². The van der Waals surface area contributed by atoms with Crippen molar-refractivity contribution in [3.8, 4) is 11.3 Å². The first-order valence-electron chi connectivity index (χ1n) is 6.67. The Morgan fingerprint density at radius 2 is 2.00 bits per heavy atom. The van der Waals surface area contributed by atoms with Crippen LogP contribution in [0.1, 0.15) is 21.5 Å². The van der Waals surface area contributed by atoms with Gasteiger partial charge in [-0.1, -0.05) is 17.7 Å². The molecule has 3 aromatic rings. The lowest BCUT2D eigenvalue weighted by atomic mass is 10.0. The molecule has 3 rings (SSSR count). The van der Waals surface area contributed by atoms with Gasteiger partial charge in [0.1, 0.15) is 11.3 Å². The maximum Gasteiger partial charge on any atom is 0.337 e. The van der Waals surface area contributed by atoms with E-state index < -0.39 is 5.97 Å². The Labute approximate surface area is 126 Å². The fourth-order valence-electron chi connectivity index (χ4n) is 2.42. The molecule has 110 valence electrons. The van der Waals surface area contributed by atoms with Crippen molar-refractivity contribution in [3.05, 3.63) is 58.1 Å². The van der Waals surface area contributed by atoms with Crippen molar-refractivity contribution in [2.24, 2.45) is 5.18 Å². The van der Waals surface area contributed by atoms with Crippen LogP contribution in [0.5, 0.6) is 0 Å². The van der Waals surface area contributed by atoms with Gasteiger partial charge in [0, 0.05) is 11.8 Å². The molecule has 0 aliphatic heterocycles. The Bertz CT molecular complexity index is 912. The zero-order valence-corrected chi connectivity index (χ0v) is 12.1. The molecule has 0 bridgehead atoms. The van der Waals surface area contributed by atoms with Crippen LogP contribution in [0.15, 0.2) is 41.7 Å². The summed E-state index contributed by atoms with van der Waals surface area (Å²) in [6.45, 7) is 3.88. The molecule has 0 saturated heterocycles. The van der Waals surface area contributed by atoms with E-state index in [4.69, 9.17) is 5.11 Å². The van der Waals surface area contributed by atoms with Gasteiger partial charge in [-0.2, -0.15) is 0 Å². The Morgan fingerprint density at radius 1 is 1.23 bits per heavy atom. The van der Waals surface area contributed by atoms with Gasteiger partial charge in [-0.3, -0.25) is 4.40 Å². The maximum atomic E-state index is 11.3. The van der Waals surface area contributed by atoms with Crippen molar-refractivity contribution in [1.82, 2.24) is 9.38 Å². The summed E-state index contributed by atoms with van der Waals surface area (Å²) in [5.74, 6) is -0.965. The third kappa shape index (κ3) is 2.14. The van der Waals surface area contributed by atoms with Crippen LogP contribution in [0.2, 0.25) is 0 Å². The molecule has 2 heterocycles. The summed E-state index contributed by atoms with van der Waals surface area (Å²) in [5.41, 5.74) is 3.84. The van der Waals surface area contributed by atoms with Crippen LogP contribution in [-0.2, 0) is 0 Å². The third-order valence-electron chi connectivity index (χ3n) is 3.57. The fourth-order valence-corrected chi connectivity index (χ4v) is 2.42. The van der Waals surface area contributed by atoms with Crippen LogP contribution in [-0.4, -0.2) is 20.5 Å². The average molecular weight is 295 g/mol. The van der Waals surface area contributed by atoms with E-state index in [9.17, 15) is 9.70 Å². The number of hydrogen-bond donors (Lipinski definition) is 1. The number of carbonyl (C=O) groups is 1. The second kappa shape index (κ2) is 5.07. The molecule has 0 saturated carbocycles. The number of rotatable bonds is 3. The van der Waals surface area contributed by atoms with Crippen molar-refractivity contribution in [1.29, 1.82) is 0 Å². The zero-order chi connectivity index (χ0) is 15.9. The van der Waals surface area contributed by atoms with Crippen LogP contribution >= 0.6 is 0 Å². The van der Waals surface area contributed by atoms with Crippen molar-refractivity contribution >= 4 is 17.4 Å². The lowest BCUT2D eigenvalue weighted by Gasteiger charge is -2.04. The summed E-state index contributed by atoms with van der Waals surface area (Å²) in [5, 5.41) is 12.1. The van der Waals surface area contributed by atoms with Gasteiger partial charge in [0.15, 0.2) is 0 Å². The van der Waals surface area contributed by atoms with E-state index in [1.165, 1.54) is 16.7 Å². The smallest absolute Gasteiger partial charge is 0.337 e. The summed E-state index contributed by atoms with van der Waals surface area (Å²) >= 11 is 0. The van der Waals surface area contributed by atoms with Crippen LogP contribution in [0.25, 0.3) is 16.9 Å². The second-order valence-electron chi connectivity index (χ2n) is 5.14. The molecule has 0 aliphatic carbocycles. The highest BCUT2D eigenvalue weighted by Gasteiger charge is 2.18. The molecule has 0 radical (unpaired) electrons. The number of aromatic carboxylic acids is 1. The Morgan fingerprint density at radius 3 is 2.68 bits per heavy atom. The highest BCUT2D eigenvalue weighted by Crippen LogP contribution is 2.33. The highest BCUT2D eigenvalue weighted by atomic mass is 16.4. The highest BCUT2D eigenvalue weighted by molar-refractivity contribution is 5.88.